The van der Waals surface area contributed by atoms with E-state index in [-0.39, 0.29) is 281 Å². The Morgan fingerprint density at radius 1 is 0.600 bits per heavy atom. The average Bonchev–Trinajstić information content (AvgIpc) is 0. The maximum absolute atomic E-state index is 0. The van der Waals surface area contributed by atoms with Crippen molar-refractivity contribution < 1.29 is 143 Å². The van der Waals surface area contributed by atoms with E-state index in [2.05, 4.69) is 0 Å². The maximum Gasteiger partial charge on any atom is -2.00 e. The van der Waals surface area contributed by atoms with E-state index in [1.54, 1.807) is 0 Å². The van der Waals surface area contributed by atoms with Crippen LogP contribution in [-0.4, -0.2) is 138 Å². The summed E-state index contributed by atoms with van der Waals surface area (Å²) in [6, 6.07) is 0. The van der Waals surface area contributed by atoms with Crippen molar-refractivity contribution in [2.24, 2.45) is 0 Å². The zero-order valence-corrected chi connectivity index (χ0v) is 15.0. The van der Waals surface area contributed by atoms with Gasteiger partial charge in [-0.3, -0.25) is 0 Å². The molecule has 5 heavy (non-hydrogen) atoms. The van der Waals surface area contributed by atoms with Crippen LogP contribution >= 0.6 is 0 Å². The Bertz CT molecular complexity index is 3.61. The number of hydrogen-bond donors (Lipinski definition) is 0. The van der Waals surface area contributed by atoms with E-state index in [4.69, 9.17) is 0 Å². The normalized spacial score (nSPS) is 0. The van der Waals surface area contributed by atoms with Crippen molar-refractivity contribution in [3.8, 4) is 0 Å². The van der Waals surface area contributed by atoms with Crippen molar-refractivity contribution in [1.29, 1.82) is 0 Å². The molecule has 0 saturated heterocycles. The fraction of sp³-hybridized carbons (Fsp3) is 0. The molecule has 0 aliphatic rings. The molecule has 0 aliphatic heterocycles. The van der Waals surface area contributed by atoms with E-state index in [1.165, 1.54) is 0 Å². The van der Waals surface area contributed by atoms with Crippen LogP contribution in [0, 0.1) is 0 Å². The molecule has 0 saturated carbocycles. The molecule has 0 aromatic carbocycles. The van der Waals surface area contributed by atoms with Gasteiger partial charge in [0.1, 0.15) is 0 Å². The van der Waals surface area contributed by atoms with Gasteiger partial charge >= 0.3 is 276 Å². The first-order chi connectivity index (χ1) is 0. The summed E-state index contributed by atoms with van der Waals surface area (Å²) in [6.07, 6.45) is 0. The monoisotopic (exact) mass is 550 g/mol. The predicted octanol–water partition coefficient (Wildman–Crippen LogP) is -7.41. The Hall–Kier alpha value is 8.17. The molecule has 0 heterocycles. The molecule has 0 unspecified atom stereocenters. The summed E-state index contributed by atoms with van der Waals surface area (Å²) in [5, 5.41) is 0. The van der Waals surface area contributed by atoms with E-state index in [9.17, 15) is 0 Å². The minimum Gasteiger partial charge on any atom is -2.00 e. The molecular formula is H2Cs4O. The quantitative estimate of drug-likeness (QED) is 0.288. The molecule has 1 nitrogen and oxygen atoms in total. The smallest absolute Gasteiger partial charge is 2.00 e. The molecule has 0 atom stereocenters. The first kappa shape index (κ1) is 29.2. The fourth-order valence-corrected chi connectivity index (χ4v) is 0. The van der Waals surface area contributed by atoms with Crippen LogP contribution in [0.4, 0.5) is 0 Å². The van der Waals surface area contributed by atoms with Gasteiger partial charge in [0, 0.05) is 0 Å². The Morgan fingerprint density at radius 3 is 0.600 bits per heavy atom. The van der Waals surface area contributed by atoms with Gasteiger partial charge in [0.25, 0.3) is 0 Å². The van der Waals surface area contributed by atoms with E-state index >= 15 is 0 Å². The van der Waals surface area contributed by atoms with Crippen LogP contribution in [0.1, 0.15) is 0 Å². The predicted molar refractivity (Wildman–Crippen MR) is 15.0 cm³/mol. The molecule has 0 rings (SSSR count). The Morgan fingerprint density at radius 2 is 0.600 bits per heavy atom. The van der Waals surface area contributed by atoms with E-state index in [1.807, 2.05) is 0 Å². The fourth-order valence-electron chi connectivity index (χ4n) is 0. The van der Waals surface area contributed by atoms with Gasteiger partial charge < -0.3 is 5.48 Å². The Kier molecular flexibility index (Phi) is 133. The summed E-state index contributed by atoms with van der Waals surface area (Å²) >= 11 is 0. The van der Waals surface area contributed by atoms with Crippen LogP contribution in [0.25, 0.3) is 0 Å². The molecule has 0 fully saturated rings. The van der Waals surface area contributed by atoms with Crippen molar-refractivity contribution in [3.63, 3.8) is 0 Å². The largest absolute Gasteiger partial charge is 2.00 e. The summed E-state index contributed by atoms with van der Waals surface area (Å²) < 4.78 is 0. The molecule has 0 aromatic heterocycles. The molecule has 5 heteroatoms. The van der Waals surface area contributed by atoms with Crippen LogP contribution in [0.3, 0.4) is 0 Å². The third-order valence-corrected chi connectivity index (χ3v) is 0. The minimum absolute atomic E-state index is 0. The van der Waals surface area contributed by atoms with Gasteiger partial charge in [0.2, 0.25) is 0 Å². The summed E-state index contributed by atoms with van der Waals surface area (Å²) in [7, 11) is 0. The second-order valence-corrected chi connectivity index (χ2v) is 0. The van der Waals surface area contributed by atoms with Crippen molar-refractivity contribution in [1.82, 2.24) is 0 Å². The summed E-state index contributed by atoms with van der Waals surface area (Å²) in [5.41, 5.74) is 0. The second-order valence-electron chi connectivity index (χ2n) is 0. The van der Waals surface area contributed by atoms with E-state index in [0.717, 1.165) is 0 Å². The van der Waals surface area contributed by atoms with Crippen LogP contribution in [-0.2, 0) is 5.48 Å². The van der Waals surface area contributed by atoms with Gasteiger partial charge in [0.15, 0.2) is 0 Å². The van der Waals surface area contributed by atoms with Gasteiger partial charge in [0.05, 0.1) is 0 Å². The molecule has 0 bridgehead atoms. The minimum atomic E-state index is 0. The molecular weight excluding hydrogens is 548 g/mol. The Labute approximate surface area is 268 Å². The average molecular weight is 550 g/mol. The maximum atomic E-state index is 0. The molecule has 12 valence electrons. The van der Waals surface area contributed by atoms with Gasteiger partial charge in [-0.15, -0.1) is 0 Å². The first-order valence-electron chi connectivity index (χ1n) is 0. The van der Waals surface area contributed by atoms with Gasteiger partial charge in [-0.2, -0.15) is 0 Å². The zero-order chi connectivity index (χ0) is 0. The topological polar surface area (TPSA) is 28.5 Å². The van der Waals surface area contributed by atoms with Crippen LogP contribution < -0.4 is 138 Å². The van der Waals surface area contributed by atoms with Crippen LogP contribution in [0.5, 0.6) is 0 Å². The summed E-state index contributed by atoms with van der Waals surface area (Å²) in [4.78, 5) is 0. The van der Waals surface area contributed by atoms with Crippen molar-refractivity contribution in [2.75, 3.05) is 0 Å². The van der Waals surface area contributed by atoms with Gasteiger partial charge in [-0.25, -0.2) is 0 Å². The first-order valence-corrected chi connectivity index (χ1v) is 0. The standard InChI is InChI=1S/4Cs.O.2H/q;;2*+1;-2;;. The SMILES string of the molecule is [Cs+].[Cs+].[CsH].[CsH].[O-2]. The van der Waals surface area contributed by atoms with Crippen molar-refractivity contribution in [3.05, 3.63) is 0 Å². The third-order valence-electron chi connectivity index (χ3n) is 0. The molecule has 0 aromatic rings. The molecule has 0 N–H and O–H groups in total. The zero-order valence-electron chi connectivity index (χ0n) is 2.41. The third kappa shape index (κ3) is 18.9. The summed E-state index contributed by atoms with van der Waals surface area (Å²) in [5.74, 6) is 0. The molecule has 0 aliphatic carbocycles. The molecule has 0 radical (unpaired) electrons. The van der Waals surface area contributed by atoms with Crippen molar-refractivity contribution >= 4 is 138 Å². The van der Waals surface area contributed by atoms with Crippen LogP contribution in [0.2, 0.25) is 0 Å². The number of hydrogen-bond acceptors (Lipinski definition) is 0. The van der Waals surface area contributed by atoms with Gasteiger partial charge in [-0.1, -0.05) is 0 Å². The molecule has 0 amide bonds. The second kappa shape index (κ2) is 22.7. The van der Waals surface area contributed by atoms with Gasteiger partial charge in [-0.05, 0) is 0 Å². The number of rotatable bonds is 0. The Balaban J connectivity index is 0. The summed E-state index contributed by atoms with van der Waals surface area (Å²) in [6.45, 7) is 0. The molecule has 0 spiro atoms. The van der Waals surface area contributed by atoms with Crippen molar-refractivity contribution in [2.45, 2.75) is 0 Å². The van der Waals surface area contributed by atoms with E-state index in [0.29, 0.717) is 0 Å². The van der Waals surface area contributed by atoms with E-state index < -0.39 is 0 Å². The van der Waals surface area contributed by atoms with Crippen LogP contribution in [0.15, 0.2) is 0 Å².